The number of hydrogen-bond donors (Lipinski definition) is 3. The van der Waals surface area contributed by atoms with Crippen molar-refractivity contribution in [2.24, 2.45) is 11.8 Å². The van der Waals surface area contributed by atoms with E-state index in [1.54, 1.807) is 42.1 Å². The van der Waals surface area contributed by atoms with Crippen LogP contribution in [0.25, 0.3) is 0 Å². The van der Waals surface area contributed by atoms with Crippen LogP contribution in [-0.4, -0.2) is 194 Å². The highest BCUT2D eigenvalue weighted by Crippen LogP contribution is 2.41. The molecule has 2 atom stereocenters. The minimum atomic E-state index is -1.09. The van der Waals surface area contributed by atoms with Crippen molar-refractivity contribution < 1.29 is 48.0 Å². The summed E-state index contributed by atoms with van der Waals surface area (Å²) in [7, 11) is 4.92. The molecule has 2 amide bonds. The predicted molar refractivity (Wildman–Crippen MR) is 390 cm³/mol. The molecule has 10 rings (SSSR count). The van der Waals surface area contributed by atoms with Crippen LogP contribution in [0.15, 0.2) is 155 Å². The fraction of sp³-hybridized carbons (Fsp3) is 0.467. The molecule has 6 aromatic rings. The van der Waals surface area contributed by atoms with Gasteiger partial charge in [-0.05, 0) is 146 Å². The maximum atomic E-state index is 13.0. The number of benzene rings is 6. The number of aliphatic carboxylic acids is 1. The number of carbonyl (C=O) groups excluding carboxylic acids is 3. The molecule has 0 radical (unpaired) electrons. The van der Waals surface area contributed by atoms with E-state index in [-0.39, 0.29) is 42.9 Å². The van der Waals surface area contributed by atoms with Gasteiger partial charge in [0.15, 0.2) is 0 Å². The highest BCUT2D eigenvalue weighted by Gasteiger charge is 2.38. The number of nitrogens with one attached hydrogen (secondary N) is 2. The lowest BCUT2D eigenvalue weighted by molar-refractivity contribution is -0.150. The number of methoxy groups -OCH3 is 1. The van der Waals surface area contributed by atoms with Gasteiger partial charge in [-0.3, -0.25) is 19.6 Å². The summed E-state index contributed by atoms with van der Waals surface area (Å²) in [6.07, 6.45) is 0.350. The fourth-order valence-electron chi connectivity index (χ4n) is 12.9. The molecule has 4 saturated heterocycles. The molecule has 0 saturated carbocycles. The summed E-state index contributed by atoms with van der Waals surface area (Å²) in [5, 5.41) is 18.3. The first-order chi connectivity index (χ1) is 46.3. The smallest absolute Gasteiger partial charge is 0.410 e. The minimum Gasteiger partial charge on any atom is -0.478 e. The number of amides is 2. The minimum absolute atomic E-state index is 0.0291. The van der Waals surface area contributed by atoms with Crippen LogP contribution in [0.2, 0.25) is 10.0 Å². The quantitative estimate of drug-likeness (QED) is 0.0385. The van der Waals surface area contributed by atoms with Gasteiger partial charge >= 0.3 is 24.1 Å². The van der Waals surface area contributed by atoms with Crippen LogP contribution >= 0.6 is 55.1 Å². The second-order valence-electron chi connectivity index (χ2n) is 27.7. The third-order valence-corrected chi connectivity index (χ3v) is 20.5. The van der Waals surface area contributed by atoms with Crippen molar-refractivity contribution in [1.29, 1.82) is 0 Å². The highest BCUT2D eigenvalue weighted by molar-refractivity contribution is 9.10. The summed E-state index contributed by atoms with van der Waals surface area (Å²) < 4.78 is 30.1. The largest absolute Gasteiger partial charge is 0.478 e. The van der Waals surface area contributed by atoms with Crippen LogP contribution in [-0.2, 0) is 23.8 Å². The molecule has 6 aromatic carbocycles. The lowest BCUT2D eigenvalue weighted by Crippen LogP contribution is -2.51. The van der Waals surface area contributed by atoms with Gasteiger partial charge in [-0.1, -0.05) is 145 Å². The standard InChI is InChI=1S/C38H48BrClN4O5.C37H46BrClN4O5/c1-38(2,3)49-37(46)42(4)29-16-18-43(19-17-29)25-34(36(45)47-5)48-33-20-30(39)31(40)21-32(33)41-22-26-23-44(24-26)35(27-12-8-6-9-13-27)28-14-10-7-11-15-28;1-37(2,3)48-36(46)41(4)28-15-17-42(18-16-28)24-33(35(44)45)47-32-19-29(38)30(39)20-31(32)40-21-25-22-43(23-25)34(26-11-7-5-8-12-26)27-13-9-6-10-14-27/h6-15,20-21,26,29,34-35,41H,16-19,22-25H2,1-5H3;5-14,19-20,25,28,33-34,40H,15-18,21-24H2,1-4H3,(H,44,45). The number of nitrogens with zero attached hydrogens (tertiary/aromatic N) is 6. The van der Waals surface area contributed by atoms with Gasteiger partial charge in [0, 0.05) is 125 Å². The van der Waals surface area contributed by atoms with Gasteiger partial charge in [-0.25, -0.2) is 19.2 Å². The number of esters is 1. The molecular formula is C75H94Br2Cl2N8O10. The molecular weight excluding hydrogens is 1400 g/mol. The number of hydrogen-bond acceptors (Lipinski definition) is 15. The van der Waals surface area contributed by atoms with E-state index in [1.807, 2.05) is 59.7 Å². The monoisotopic (exact) mass is 1490 g/mol. The normalized spacial score (nSPS) is 17.0. The summed E-state index contributed by atoms with van der Waals surface area (Å²) in [5.74, 6) is 0.275. The SMILES string of the molecule is CN(C(=O)OC(C)(C)C)C1CCN(CC(Oc2cc(Br)c(Cl)cc2NCC2CN(C(c3ccccc3)c3ccccc3)C2)C(=O)O)CC1.COC(=O)C(CN1CCC(N(C)C(=O)OC(C)(C)C)CC1)Oc1cc(Br)c(Cl)cc1NCC1CN(C(c2ccccc2)c2ccccc2)C1. The van der Waals surface area contributed by atoms with Crippen LogP contribution in [0.1, 0.15) is 102 Å². The Hall–Kier alpha value is -6.62. The zero-order valence-electron chi connectivity index (χ0n) is 57.1. The Labute approximate surface area is 599 Å². The predicted octanol–water partition coefficient (Wildman–Crippen LogP) is 14.9. The molecule has 0 aromatic heterocycles. The van der Waals surface area contributed by atoms with Crippen molar-refractivity contribution in [3.8, 4) is 11.5 Å². The van der Waals surface area contributed by atoms with Gasteiger partial charge in [-0.15, -0.1) is 0 Å². The van der Waals surface area contributed by atoms with Crippen molar-refractivity contribution in [3.05, 3.63) is 187 Å². The molecule has 3 N–H and O–H groups in total. The van der Waals surface area contributed by atoms with Crippen LogP contribution in [0.4, 0.5) is 21.0 Å². The molecule has 4 fully saturated rings. The van der Waals surface area contributed by atoms with Crippen molar-refractivity contribution in [2.45, 2.75) is 115 Å². The van der Waals surface area contributed by atoms with Crippen LogP contribution in [0.3, 0.4) is 0 Å². The lowest BCUT2D eigenvalue weighted by Gasteiger charge is -2.45. The topological polar surface area (TPSA) is 178 Å². The Morgan fingerprint density at radius 2 is 0.856 bits per heavy atom. The molecule has 97 heavy (non-hydrogen) atoms. The van der Waals surface area contributed by atoms with Gasteiger partial charge in [0.25, 0.3) is 0 Å². The van der Waals surface area contributed by atoms with E-state index in [0.717, 1.165) is 64.1 Å². The van der Waals surface area contributed by atoms with Gasteiger partial charge < -0.3 is 49.2 Å². The number of piperidine rings is 2. The third kappa shape index (κ3) is 21.2. The van der Waals surface area contributed by atoms with E-state index in [4.69, 9.17) is 46.9 Å². The number of ether oxygens (including phenoxy) is 5. The molecule has 22 heteroatoms. The zero-order chi connectivity index (χ0) is 69.6. The van der Waals surface area contributed by atoms with E-state index < -0.39 is 35.3 Å². The average molecular weight is 1500 g/mol. The first kappa shape index (κ1) is 74.6. The summed E-state index contributed by atoms with van der Waals surface area (Å²) in [5.41, 5.74) is 5.37. The highest BCUT2D eigenvalue weighted by atomic mass is 79.9. The Morgan fingerprint density at radius 3 is 1.16 bits per heavy atom. The Morgan fingerprint density at radius 1 is 0.536 bits per heavy atom. The number of carbonyl (C=O) groups is 4. The number of carboxylic acid groups (broad SMARTS) is 1. The Balaban J connectivity index is 0.000000227. The van der Waals surface area contributed by atoms with Gasteiger partial charge in [-0.2, -0.15) is 0 Å². The average Bonchev–Trinajstić information content (AvgIpc) is 0.905. The summed E-state index contributed by atoms with van der Waals surface area (Å²) in [6.45, 7) is 19.5. The number of likely N-dealkylation sites (tertiary alicyclic amines) is 4. The summed E-state index contributed by atoms with van der Waals surface area (Å²) >= 11 is 20.0. The van der Waals surface area contributed by atoms with E-state index in [9.17, 15) is 24.3 Å². The molecule has 0 aliphatic carbocycles. The number of rotatable bonds is 24. The number of halogens is 4. The Kier molecular flexibility index (Phi) is 26.5. The van der Waals surface area contributed by atoms with Gasteiger partial charge in [0.05, 0.1) is 40.6 Å². The van der Waals surface area contributed by atoms with Crippen molar-refractivity contribution in [2.75, 3.05) is 110 Å². The van der Waals surface area contributed by atoms with Crippen LogP contribution in [0, 0.1) is 11.8 Å². The summed E-state index contributed by atoms with van der Waals surface area (Å²) in [6, 6.07) is 50.0. The number of carboxylic acids is 1. The summed E-state index contributed by atoms with van der Waals surface area (Å²) in [4.78, 5) is 63.1. The second kappa shape index (κ2) is 34.4. The number of anilines is 2. The second-order valence-corrected chi connectivity index (χ2v) is 30.2. The molecule has 4 heterocycles. The van der Waals surface area contributed by atoms with E-state index >= 15 is 0 Å². The maximum absolute atomic E-state index is 13.0. The van der Waals surface area contributed by atoms with Crippen molar-refractivity contribution in [3.63, 3.8) is 0 Å². The molecule has 4 aliphatic rings. The van der Waals surface area contributed by atoms with Gasteiger partial charge in [0.2, 0.25) is 12.2 Å². The molecule has 2 unspecified atom stereocenters. The van der Waals surface area contributed by atoms with E-state index in [2.05, 4.69) is 171 Å². The van der Waals surface area contributed by atoms with Crippen LogP contribution in [0.5, 0.6) is 11.5 Å². The van der Waals surface area contributed by atoms with E-state index in [0.29, 0.717) is 87.3 Å². The van der Waals surface area contributed by atoms with Crippen LogP contribution < -0.4 is 20.1 Å². The first-order valence-corrected chi connectivity index (χ1v) is 35.8. The molecule has 4 aliphatic heterocycles. The third-order valence-electron chi connectivity index (χ3n) is 18.1. The molecule has 0 spiro atoms. The lowest BCUT2D eigenvalue weighted by atomic mass is 9.90. The van der Waals surface area contributed by atoms with E-state index in [1.165, 1.54) is 29.4 Å². The zero-order valence-corrected chi connectivity index (χ0v) is 61.8. The van der Waals surface area contributed by atoms with Crippen molar-refractivity contribution >= 4 is 90.6 Å². The van der Waals surface area contributed by atoms with Crippen molar-refractivity contribution in [1.82, 2.24) is 29.4 Å². The first-order valence-electron chi connectivity index (χ1n) is 33.4. The molecule has 0 bridgehead atoms. The van der Waals surface area contributed by atoms with Gasteiger partial charge in [0.1, 0.15) is 22.7 Å². The maximum Gasteiger partial charge on any atom is 0.410 e. The fourth-order valence-corrected chi connectivity index (χ4v) is 13.9. The molecule has 522 valence electrons. The molecule has 18 nitrogen and oxygen atoms in total. The Bertz CT molecular complexity index is 3450.